The molecule has 5 aromatic rings. The number of carbonyl (C=O) groups is 1. The molecule has 1 saturated heterocycles. The molecule has 40 heavy (non-hydrogen) atoms. The Morgan fingerprint density at radius 1 is 0.825 bits per heavy atom. The Morgan fingerprint density at radius 2 is 1.55 bits per heavy atom. The minimum absolute atomic E-state index is 0.105. The van der Waals surface area contributed by atoms with Crippen molar-refractivity contribution in [3.63, 3.8) is 0 Å². The van der Waals surface area contributed by atoms with Crippen LogP contribution in [0.4, 0.5) is 0 Å². The second-order valence-electron chi connectivity index (χ2n) is 10.4. The summed E-state index contributed by atoms with van der Waals surface area (Å²) in [6, 6.07) is 23.3. The number of amides is 1. The van der Waals surface area contributed by atoms with E-state index in [1.807, 2.05) is 37.5 Å². The van der Waals surface area contributed by atoms with E-state index in [4.69, 9.17) is 0 Å². The van der Waals surface area contributed by atoms with Gasteiger partial charge in [0.15, 0.2) is 0 Å². The van der Waals surface area contributed by atoms with Gasteiger partial charge in [-0.3, -0.25) is 4.79 Å². The van der Waals surface area contributed by atoms with Gasteiger partial charge >= 0.3 is 0 Å². The number of hydrogen-bond donors (Lipinski definition) is 0. The van der Waals surface area contributed by atoms with Gasteiger partial charge in [-0.25, -0.2) is 4.98 Å². The lowest BCUT2D eigenvalue weighted by atomic mass is 9.97. The van der Waals surface area contributed by atoms with Crippen LogP contribution in [0.2, 0.25) is 0 Å². The Labute approximate surface area is 237 Å². The topological polar surface area (TPSA) is 46.3 Å². The van der Waals surface area contributed by atoms with E-state index >= 15 is 0 Å². The van der Waals surface area contributed by atoms with Gasteiger partial charge in [0.2, 0.25) is 0 Å². The fourth-order valence-corrected chi connectivity index (χ4v) is 5.32. The Morgan fingerprint density at radius 3 is 2.33 bits per heavy atom. The van der Waals surface area contributed by atoms with Crippen molar-refractivity contribution in [1.82, 2.24) is 23.9 Å². The van der Waals surface area contributed by atoms with Gasteiger partial charge in [0.05, 0.1) is 24.1 Å². The normalized spacial score (nSPS) is 13.8. The van der Waals surface area contributed by atoms with Gasteiger partial charge in [-0.1, -0.05) is 86.1 Å². The molecule has 0 spiro atoms. The summed E-state index contributed by atoms with van der Waals surface area (Å²) in [6.45, 7) is 10.8. The number of aryl methyl sites for hydroxylation is 1. The number of imidazole rings is 1. The lowest BCUT2D eigenvalue weighted by Gasteiger charge is -2.32. The summed E-state index contributed by atoms with van der Waals surface area (Å²) in [6.07, 6.45) is 7.98. The molecule has 3 aromatic carbocycles. The molecule has 2 aromatic heterocycles. The van der Waals surface area contributed by atoms with Gasteiger partial charge < -0.3 is 18.9 Å². The molecule has 0 aliphatic carbocycles. The summed E-state index contributed by atoms with van der Waals surface area (Å²) < 4.78 is 4.33. The smallest absolute Gasteiger partial charge is 0.256 e. The van der Waals surface area contributed by atoms with Crippen molar-refractivity contribution in [3.05, 3.63) is 114 Å². The predicted octanol–water partition coefficient (Wildman–Crippen LogP) is 6.32. The molecule has 6 nitrogen and oxygen atoms in total. The summed E-state index contributed by atoms with van der Waals surface area (Å²) in [5.41, 5.74) is 6.43. The van der Waals surface area contributed by atoms with E-state index in [-0.39, 0.29) is 5.91 Å². The van der Waals surface area contributed by atoms with Crippen LogP contribution in [0.5, 0.6) is 0 Å². The summed E-state index contributed by atoms with van der Waals surface area (Å²) in [7, 11) is 2.11. The summed E-state index contributed by atoms with van der Waals surface area (Å²) in [5, 5.41) is 2.33. The highest BCUT2D eigenvalue weighted by atomic mass is 16.2. The average Bonchev–Trinajstić information content (AvgIpc) is 3.62. The molecule has 0 unspecified atom stereocenters. The second-order valence-corrected chi connectivity index (χ2v) is 10.4. The Balaban J connectivity index is 0.00000158. The molecular weight excluding hydrogens is 494 g/mol. The fraction of sp³-hybridized carbons (Fsp3) is 0.294. The van der Waals surface area contributed by atoms with Gasteiger partial charge in [0.25, 0.3) is 5.91 Å². The van der Waals surface area contributed by atoms with Gasteiger partial charge in [0, 0.05) is 56.9 Å². The third-order valence-electron chi connectivity index (χ3n) is 7.60. The first kappa shape index (κ1) is 27.4. The zero-order valence-corrected chi connectivity index (χ0v) is 24.0. The number of carbonyl (C=O) groups excluding carboxylic acids is 1. The Kier molecular flexibility index (Phi) is 8.46. The van der Waals surface area contributed by atoms with Gasteiger partial charge in [-0.2, -0.15) is 0 Å². The van der Waals surface area contributed by atoms with Crippen LogP contribution in [0.3, 0.4) is 0 Å². The van der Waals surface area contributed by atoms with E-state index in [0.29, 0.717) is 6.54 Å². The number of fused-ring (bicyclic) bond motifs is 1. The van der Waals surface area contributed by atoms with E-state index in [9.17, 15) is 4.79 Å². The highest BCUT2D eigenvalue weighted by molar-refractivity contribution is 6.06. The van der Waals surface area contributed by atoms with Gasteiger partial charge in [-0.15, -0.1) is 0 Å². The number of rotatable bonds is 6. The maximum atomic E-state index is 13.9. The average molecular weight is 534 g/mol. The van der Waals surface area contributed by atoms with Crippen LogP contribution in [-0.4, -0.2) is 63.1 Å². The van der Waals surface area contributed by atoms with Crippen molar-refractivity contribution < 1.29 is 4.79 Å². The largest absolute Gasteiger partial charge is 0.347 e. The fourth-order valence-electron chi connectivity index (χ4n) is 5.32. The molecule has 1 fully saturated rings. The zero-order chi connectivity index (χ0) is 28.1. The molecule has 6 heteroatoms. The van der Waals surface area contributed by atoms with Crippen molar-refractivity contribution in [2.45, 2.75) is 33.9 Å². The van der Waals surface area contributed by atoms with Crippen LogP contribution >= 0.6 is 0 Å². The van der Waals surface area contributed by atoms with E-state index < -0.39 is 0 Å². The maximum Gasteiger partial charge on any atom is 0.256 e. The first-order chi connectivity index (χ1) is 19.5. The zero-order valence-electron chi connectivity index (χ0n) is 24.0. The molecule has 206 valence electrons. The van der Waals surface area contributed by atoms with Crippen molar-refractivity contribution in [2.24, 2.45) is 0 Å². The molecule has 6 rings (SSSR count). The number of nitrogens with zero attached hydrogens (tertiary/aromatic N) is 5. The molecule has 1 aliphatic rings. The molecule has 1 aliphatic heterocycles. The van der Waals surface area contributed by atoms with E-state index in [1.54, 1.807) is 0 Å². The van der Waals surface area contributed by atoms with Gasteiger partial charge in [-0.05, 0) is 35.9 Å². The third kappa shape index (κ3) is 5.87. The first-order valence-corrected chi connectivity index (χ1v) is 14.3. The van der Waals surface area contributed by atoms with Gasteiger partial charge in [0.1, 0.15) is 0 Å². The van der Waals surface area contributed by atoms with Crippen LogP contribution < -0.4 is 0 Å². The Bertz CT molecular complexity index is 1570. The van der Waals surface area contributed by atoms with Crippen LogP contribution in [-0.2, 0) is 13.1 Å². The lowest BCUT2D eigenvalue weighted by molar-refractivity contribution is 0.0665. The number of piperazine rings is 1. The molecule has 0 bridgehead atoms. The van der Waals surface area contributed by atoms with E-state index in [1.165, 1.54) is 16.5 Å². The highest BCUT2D eigenvalue weighted by Crippen LogP contribution is 2.33. The van der Waals surface area contributed by atoms with Crippen LogP contribution in [0, 0.1) is 6.92 Å². The minimum Gasteiger partial charge on any atom is -0.347 e. The predicted molar refractivity (Wildman–Crippen MR) is 164 cm³/mol. The number of likely N-dealkylation sites (N-methyl/N-ethyl adjacent to an activating group) is 1. The van der Waals surface area contributed by atoms with E-state index in [0.717, 1.165) is 60.5 Å². The minimum atomic E-state index is 0.105. The molecule has 0 atom stereocenters. The standard InChI is InChI=1S/C32H33N5O.C2H6/c1-24-10-12-25(13-11-24)19-37-23-33-18-27(37)20-35-21-30(29-9-5-7-26-6-3-4-8-28(26)29)31(22-35)32(38)36-16-14-34(2)15-17-36;1-2/h3-13,18,21-23H,14-17,19-20H2,1-2H3;1-2H3. The number of benzene rings is 3. The lowest BCUT2D eigenvalue weighted by Crippen LogP contribution is -2.47. The molecule has 1 amide bonds. The number of aromatic nitrogens is 3. The molecule has 0 saturated carbocycles. The monoisotopic (exact) mass is 533 g/mol. The molecule has 0 radical (unpaired) electrons. The second kappa shape index (κ2) is 12.3. The maximum absolute atomic E-state index is 13.9. The summed E-state index contributed by atoms with van der Waals surface area (Å²) >= 11 is 0. The molecule has 3 heterocycles. The van der Waals surface area contributed by atoms with Crippen molar-refractivity contribution in [3.8, 4) is 11.1 Å². The summed E-state index contributed by atoms with van der Waals surface area (Å²) in [4.78, 5) is 22.6. The van der Waals surface area contributed by atoms with E-state index in [2.05, 4.69) is 106 Å². The van der Waals surface area contributed by atoms with Crippen LogP contribution in [0.1, 0.15) is 41.0 Å². The first-order valence-electron chi connectivity index (χ1n) is 14.3. The summed E-state index contributed by atoms with van der Waals surface area (Å²) in [5.74, 6) is 0.105. The third-order valence-corrected chi connectivity index (χ3v) is 7.60. The Hall–Kier alpha value is -4.16. The van der Waals surface area contributed by atoms with Crippen molar-refractivity contribution >= 4 is 16.7 Å². The molecular formula is C34H39N5O. The molecule has 0 N–H and O–H groups in total. The van der Waals surface area contributed by atoms with Crippen LogP contribution in [0.15, 0.2) is 91.6 Å². The highest BCUT2D eigenvalue weighted by Gasteiger charge is 2.25. The SMILES string of the molecule is CC.Cc1ccc(Cn2cncc2Cn2cc(C(=O)N3CCN(C)CC3)c(-c3cccc4ccccc34)c2)cc1. The van der Waals surface area contributed by atoms with Crippen molar-refractivity contribution in [1.29, 1.82) is 0 Å². The number of hydrogen-bond acceptors (Lipinski definition) is 3. The van der Waals surface area contributed by atoms with Crippen molar-refractivity contribution in [2.75, 3.05) is 33.2 Å². The quantitative estimate of drug-likeness (QED) is 0.256. The van der Waals surface area contributed by atoms with Crippen LogP contribution in [0.25, 0.3) is 21.9 Å².